The van der Waals surface area contributed by atoms with Gasteiger partial charge in [-0.3, -0.25) is 0 Å². The van der Waals surface area contributed by atoms with E-state index in [4.69, 9.17) is 0 Å². The zero-order chi connectivity index (χ0) is 26.9. The fourth-order valence-corrected chi connectivity index (χ4v) is 6.78. The van der Waals surface area contributed by atoms with Crippen LogP contribution in [0, 0.1) is 13.8 Å². The number of hydrogen-bond acceptors (Lipinski definition) is 2. The van der Waals surface area contributed by atoms with Gasteiger partial charge in [0.15, 0.2) is 24.8 Å². The molecule has 4 aromatic rings. The second-order valence-corrected chi connectivity index (χ2v) is 11.7. The molecule has 1 aliphatic carbocycles. The molecule has 0 radical (unpaired) electrons. The van der Waals surface area contributed by atoms with E-state index in [2.05, 4.69) is 0 Å². The third-order valence-corrected chi connectivity index (χ3v) is 8.71. The number of hydrogen-bond donors (Lipinski definition) is 0. The minimum atomic E-state index is -5.58. The Morgan fingerprint density at radius 1 is 0.595 bits per heavy atom. The van der Waals surface area contributed by atoms with Crippen LogP contribution in [-0.2, 0) is 14.1 Å². The number of halogens is 6. The van der Waals surface area contributed by atoms with E-state index in [0.29, 0.717) is 32.0 Å². The number of thiophene rings is 2. The summed E-state index contributed by atoms with van der Waals surface area (Å²) in [7, 11) is 3.62. The number of rotatable bonds is 4. The van der Waals surface area contributed by atoms with Crippen molar-refractivity contribution in [2.75, 3.05) is 0 Å². The minimum absolute atomic E-state index is 0.295. The summed E-state index contributed by atoms with van der Waals surface area (Å²) in [6.07, 6.45) is 7.01. The van der Waals surface area contributed by atoms with Crippen molar-refractivity contribution >= 4 is 33.8 Å². The minimum Gasteiger partial charge on any atom is -0.208 e. The third-order valence-electron chi connectivity index (χ3n) is 6.57. The average molecular weight is 553 g/mol. The highest BCUT2D eigenvalue weighted by Crippen LogP contribution is 2.66. The predicted molar refractivity (Wildman–Crippen MR) is 133 cm³/mol. The molecule has 0 aromatic carbocycles. The fraction of sp³-hybridized carbons (Fsp3) is 0.259. The summed E-state index contributed by atoms with van der Waals surface area (Å²) in [6, 6.07) is 9.62. The van der Waals surface area contributed by atoms with Crippen LogP contribution in [-0.4, -0.2) is 17.8 Å². The number of nitrogens with zero attached hydrogens (tertiary/aromatic N) is 2. The van der Waals surface area contributed by atoms with Gasteiger partial charge in [0.05, 0.1) is 11.1 Å². The van der Waals surface area contributed by atoms with E-state index >= 15 is 17.6 Å². The summed E-state index contributed by atoms with van der Waals surface area (Å²) in [4.78, 5) is 0.532. The van der Waals surface area contributed by atoms with Crippen LogP contribution >= 0.6 is 22.7 Å². The Morgan fingerprint density at radius 2 is 0.919 bits per heavy atom. The SMILES string of the molecule is Cc1sc(C2=C(c3cc(-c4cc[n+](C)cc4)c(C)s3)C(F)(F)C(F)(F)C2(F)F)cc1-c1cc[n+](C)cc1. The molecule has 4 heterocycles. The fourth-order valence-electron chi connectivity index (χ4n) is 4.53. The lowest BCUT2D eigenvalue weighted by Gasteiger charge is -2.25. The Kier molecular flexibility index (Phi) is 5.91. The lowest BCUT2D eigenvalue weighted by atomic mass is 10.0. The zero-order valence-electron chi connectivity index (χ0n) is 20.3. The van der Waals surface area contributed by atoms with Gasteiger partial charge in [-0.25, -0.2) is 9.13 Å². The van der Waals surface area contributed by atoms with E-state index in [-0.39, 0.29) is 9.75 Å². The molecule has 0 unspecified atom stereocenters. The first kappa shape index (κ1) is 25.7. The van der Waals surface area contributed by atoms with Crippen molar-refractivity contribution in [3.8, 4) is 22.3 Å². The first-order chi connectivity index (χ1) is 17.3. The summed E-state index contributed by atoms with van der Waals surface area (Å²) in [6.45, 7) is 3.31. The maximum Gasteiger partial charge on any atom is 0.380 e. The standard InChI is InChI=1S/C27H22F6N2S2/c1-15-19(17-5-9-34(3)10-6-17)13-21(36-15)23-24(26(30,31)27(32,33)25(23,28)29)22-14-20(16(2)37-22)18-7-11-35(4)12-8-18/h5-14H,1-4H3/q+2. The Hall–Kier alpha value is -2.98. The summed E-state index contributed by atoms with van der Waals surface area (Å²) < 4.78 is 94.3. The van der Waals surface area contributed by atoms with Gasteiger partial charge in [0.25, 0.3) is 0 Å². The number of aryl methyl sites for hydroxylation is 4. The van der Waals surface area contributed by atoms with E-state index in [1.807, 2.05) is 14.1 Å². The van der Waals surface area contributed by atoms with Crippen LogP contribution in [0.15, 0.2) is 61.2 Å². The smallest absolute Gasteiger partial charge is 0.208 e. The molecule has 0 atom stereocenters. The normalized spacial score (nSPS) is 18.0. The second-order valence-electron chi connectivity index (χ2n) is 9.14. The first-order valence-corrected chi connectivity index (χ1v) is 12.9. The molecule has 0 bridgehead atoms. The van der Waals surface area contributed by atoms with Crippen LogP contribution in [0.2, 0.25) is 0 Å². The first-order valence-electron chi connectivity index (χ1n) is 11.3. The van der Waals surface area contributed by atoms with E-state index in [1.54, 1.807) is 72.0 Å². The Bertz CT molecular complexity index is 1420. The van der Waals surface area contributed by atoms with Crippen LogP contribution in [0.3, 0.4) is 0 Å². The highest BCUT2D eigenvalue weighted by molar-refractivity contribution is 7.14. The number of allylic oxidation sites excluding steroid dienone is 2. The highest BCUT2D eigenvalue weighted by Gasteiger charge is 2.80. The summed E-state index contributed by atoms with van der Waals surface area (Å²) in [5, 5.41) is 0. The molecule has 0 saturated heterocycles. The van der Waals surface area contributed by atoms with Gasteiger partial charge >= 0.3 is 17.8 Å². The molecule has 37 heavy (non-hydrogen) atoms. The maximum absolute atomic E-state index is 15.3. The molecule has 4 aromatic heterocycles. The molecule has 2 nitrogen and oxygen atoms in total. The van der Waals surface area contributed by atoms with Crippen LogP contribution < -0.4 is 9.13 Å². The molecule has 0 saturated carbocycles. The van der Waals surface area contributed by atoms with Crippen LogP contribution in [0.5, 0.6) is 0 Å². The second kappa shape index (κ2) is 8.52. The number of pyridine rings is 2. The van der Waals surface area contributed by atoms with Crippen LogP contribution in [0.1, 0.15) is 19.5 Å². The van der Waals surface area contributed by atoms with Gasteiger partial charge in [0, 0.05) is 43.8 Å². The van der Waals surface area contributed by atoms with Crippen molar-refractivity contribution in [1.29, 1.82) is 0 Å². The van der Waals surface area contributed by atoms with Crippen molar-refractivity contribution in [2.45, 2.75) is 31.6 Å². The van der Waals surface area contributed by atoms with Gasteiger partial charge < -0.3 is 0 Å². The molecule has 0 spiro atoms. The predicted octanol–water partition coefficient (Wildman–Crippen LogP) is 7.24. The summed E-state index contributed by atoms with van der Waals surface area (Å²) in [5.41, 5.74) is -0.215. The van der Waals surface area contributed by atoms with Crippen molar-refractivity contribution < 1.29 is 35.5 Å². The molecular formula is C27H22F6N2S2+2. The maximum atomic E-state index is 15.3. The molecule has 0 N–H and O–H groups in total. The van der Waals surface area contributed by atoms with Gasteiger partial charge in [-0.05, 0) is 48.2 Å². The largest absolute Gasteiger partial charge is 0.380 e. The lowest BCUT2D eigenvalue weighted by Crippen LogP contribution is -2.48. The van der Waals surface area contributed by atoms with E-state index in [0.717, 1.165) is 22.7 Å². The van der Waals surface area contributed by atoms with Gasteiger partial charge in [-0.15, -0.1) is 22.7 Å². The molecular weight excluding hydrogens is 530 g/mol. The van der Waals surface area contributed by atoms with E-state index in [9.17, 15) is 8.78 Å². The molecule has 5 rings (SSSR count). The Balaban J connectivity index is 1.74. The molecule has 1 aliphatic rings. The molecule has 0 amide bonds. The monoisotopic (exact) mass is 552 g/mol. The van der Waals surface area contributed by atoms with Gasteiger partial charge in [-0.2, -0.15) is 26.3 Å². The number of alkyl halides is 6. The summed E-state index contributed by atoms with van der Waals surface area (Å²) >= 11 is 1.62. The lowest BCUT2D eigenvalue weighted by molar-refractivity contribution is -0.671. The quantitative estimate of drug-likeness (QED) is 0.186. The van der Waals surface area contributed by atoms with Gasteiger partial charge in [0.1, 0.15) is 14.1 Å². The Morgan fingerprint density at radius 3 is 1.24 bits per heavy atom. The van der Waals surface area contributed by atoms with Crippen LogP contribution in [0.4, 0.5) is 26.3 Å². The summed E-state index contributed by atoms with van der Waals surface area (Å²) in [5.74, 6) is -15.7. The Labute approximate surface area is 217 Å². The zero-order valence-corrected chi connectivity index (χ0v) is 21.9. The highest BCUT2D eigenvalue weighted by atomic mass is 32.1. The molecule has 0 aliphatic heterocycles. The third kappa shape index (κ3) is 3.84. The molecule has 192 valence electrons. The van der Waals surface area contributed by atoms with Gasteiger partial charge in [0.2, 0.25) is 0 Å². The van der Waals surface area contributed by atoms with Crippen molar-refractivity contribution in [3.63, 3.8) is 0 Å². The van der Waals surface area contributed by atoms with Gasteiger partial charge in [-0.1, -0.05) is 0 Å². The number of aromatic nitrogens is 2. The average Bonchev–Trinajstić information content (AvgIpc) is 3.42. The van der Waals surface area contributed by atoms with Crippen molar-refractivity contribution in [1.82, 2.24) is 0 Å². The van der Waals surface area contributed by atoms with Crippen LogP contribution in [0.25, 0.3) is 33.4 Å². The van der Waals surface area contributed by atoms with E-state index in [1.165, 1.54) is 12.1 Å². The molecule has 10 heteroatoms. The molecule has 0 fully saturated rings. The topological polar surface area (TPSA) is 7.76 Å². The van der Waals surface area contributed by atoms with Crippen molar-refractivity contribution in [3.05, 3.63) is 80.7 Å². The van der Waals surface area contributed by atoms with Crippen molar-refractivity contribution in [2.24, 2.45) is 14.1 Å². The van der Waals surface area contributed by atoms with E-state index < -0.39 is 28.9 Å².